The first-order valence-corrected chi connectivity index (χ1v) is 5.86. The van der Waals surface area contributed by atoms with E-state index in [0.717, 1.165) is 12.5 Å². The lowest BCUT2D eigenvalue weighted by molar-refractivity contribution is 0.0232. The monoisotopic (exact) mass is 186 g/mol. The molecule has 0 spiro atoms. The predicted molar refractivity (Wildman–Crippen MR) is 59.0 cm³/mol. The van der Waals surface area contributed by atoms with Gasteiger partial charge >= 0.3 is 0 Å². The van der Waals surface area contributed by atoms with Gasteiger partial charge in [-0.15, -0.1) is 0 Å². The third kappa shape index (κ3) is 7.06. The molecule has 0 saturated heterocycles. The van der Waals surface area contributed by atoms with E-state index < -0.39 is 0 Å². The SMILES string of the molecule is CCC.CCO[C@H]1CCC[C@@H](C)C1. The fraction of sp³-hybridized carbons (Fsp3) is 1.00. The molecule has 0 aliphatic heterocycles. The lowest BCUT2D eigenvalue weighted by Gasteiger charge is -2.26. The minimum absolute atomic E-state index is 0.578. The van der Waals surface area contributed by atoms with Gasteiger partial charge in [-0.3, -0.25) is 0 Å². The molecule has 1 rings (SSSR count). The second-order valence-electron chi connectivity index (χ2n) is 4.06. The smallest absolute Gasteiger partial charge is 0.0577 e. The summed E-state index contributed by atoms with van der Waals surface area (Å²) in [6, 6.07) is 0. The molecular formula is C12H26O. The van der Waals surface area contributed by atoms with Crippen LogP contribution in [0.25, 0.3) is 0 Å². The molecule has 0 radical (unpaired) electrons. The van der Waals surface area contributed by atoms with Gasteiger partial charge in [0.15, 0.2) is 0 Å². The van der Waals surface area contributed by atoms with Crippen LogP contribution in [0.5, 0.6) is 0 Å². The van der Waals surface area contributed by atoms with Gasteiger partial charge in [0.05, 0.1) is 6.10 Å². The van der Waals surface area contributed by atoms with Crippen LogP contribution >= 0.6 is 0 Å². The van der Waals surface area contributed by atoms with Gasteiger partial charge in [-0.05, 0) is 25.7 Å². The lowest BCUT2D eigenvalue weighted by atomic mass is 9.89. The van der Waals surface area contributed by atoms with E-state index in [4.69, 9.17) is 4.74 Å². The standard InChI is InChI=1S/C9H18O.C3H8/c1-3-10-9-6-4-5-8(2)7-9;1-3-2/h8-9H,3-7H2,1-2H3;3H2,1-2H3/t8-,9+;/m1./s1. The molecule has 0 unspecified atom stereocenters. The molecule has 1 aliphatic rings. The van der Waals surface area contributed by atoms with Crippen molar-refractivity contribution in [3.8, 4) is 0 Å². The van der Waals surface area contributed by atoms with Gasteiger partial charge in [0.25, 0.3) is 0 Å². The van der Waals surface area contributed by atoms with E-state index in [1.54, 1.807) is 0 Å². The van der Waals surface area contributed by atoms with Crippen LogP contribution in [0.15, 0.2) is 0 Å². The Bertz CT molecular complexity index is 99.3. The van der Waals surface area contributed by atoms with Crippen molar-refractivity contribution in [2.45, 2.75) is 65.9 Å². The minimum Gasteiger partial charge on any atom is -0.378 e. The first kappa shape index (κ1) is 13.0. The second kappa shape index (κ2) is 8.55. The van der Waals surface area contributed by atoms with E-state index in [9.17, 15) is 0 Å². The summed E-state index contributed by atoms with van der Waals surface area (Å²) in [6.45, 7) is 9.54. The van der Waals surface area contributed by atoms with Gasteiger partial charge in [-0.25, -0.2) is 0 Å². The van der Waals surface area contributed by atoms with Crippen LogP contribution in [0.1, 0.15) is 59.8 Å². The van der Waals surface area contributed by atoms with Gasteiger partial charge in [0, 0.05) is 6.61 Å². The van der Waals surface area contributed by atoms with E-state index in [0.29, 0.717) is 6.10 Å². The van der Waals surface area contributed by atoms with E-state index in [1.165, 1.54) is 32.1 Å². The highest BCUT2D eigenvalue weighted by Gasteiger charge is 2.18. The van der Waals surface area contributed by atoms with E-state index in [-0.39, 0.29) is 0 Å². The zero-order valence-corrected chi connectivity index (χ0v) is 9.81. The molecule has 1 saturated carbocycles. The highest BCUT2D eigenvalue weighted by molar-refractivity contribution is 4.69. The Balaban J connectivity index is 0.000000424. The van der Waals surface area contributed by atoms with Gasteiger partial charge in [-0.1, -0.05) is 40.0 Å². The predicted octanol–water partition coefficient (Wildman–Crippen LogP) is 4.02. The molecule has 80 valence electrons. The fourth-order valence-electron chi connectivity index (χ4n) is 1.77. The van der Waals surface area contributed by atoms with Crippen LogP contribution in [0.4, 0.5) is 0 Å². The van der Waals surface area contributed by atoms with Crippen molar-refractivity contribution in [1.29, 1.82) is 0 Å². The van der Waals surface area contributed by atoms with Crippen molar-refractivity contribution in [2.24, 2.45) is 5.92 Å². The first-order chi connectivity index (χ1) is 6.24. The van der Waals surface area contributed by atoms with Crippen LogP contribution in [0.2, 0.25) is 0 Å². The zero-order chi connectivity index (χ0) is 10.1. The molecule has 0 aromatic carbocycles. The summed E-state index contributed by atoms with van der Waals surface area (Å²) in [5.41, 5.74) is 0. The number of ether oxygens (including phenoxy) is 1. The highest BCUT2D eigenvalue weighted by atomic mass is 16.5. The molecule has 1 aliphatic carbocycles. The van der Waals surface area contributed by atoms with E-state index in [2.05, 4.69) is 27.7 Å². The third-order valence-electron chi connectivity index (χ3n) is 2.29. The van der Waals surface area contributed by atoms with Crippen LogP contribution in [0.3, 0.4) is 0 Å². The van der Waals surface area contributed by atoms with Crippen molar-refractivity contribution in [3.63, 3.8) is 0 Å². The van der Waals surface area contributed by atoms with Gasteiger partial charge in [0.1, 0.15) is 0 Å². The van der Waals surface area contributed by atoms with Crippen LogP contribution in [0, 0.1) is 5.92 Å². The molecule has 0 heterocycles. The molecule has 1 heteroatoms. The number of hydrogen-bond donors (Lipinski definition) is 0. The summed E-state index contributed by atoms with van der Waals surface area (Å²) < 4.78 is 5.55. The second-order valence-corrected chi connectivity index (χ2v) is 4.06. The van der Waals surface area contributed by atoms with E-state index >= 15 is 0 Å². The minimum atomic E-state index is 0.578. The Hall–Kier alpha value is -0.0400. The largest absolute Gasteiger partial charge is 0.378 e. The molecule has 1 nitrogen and oxygen atoms in total. The van der Waals surface area contributed by atoms with Crippen LogP contribution < -0.4 is 0 Å². The topological polar surface area (TPSA) is 9.23 Å². The summed E-state index contributed by atoms with van der Waals surface area (Å²) in [6.07, 6.45) is 7.18. The third-order valence-corrected chi connectivity index (χ3v) is 2.29. The highest BCUT2D eigenvalue weighted by Crippen LogP contribution is 2.25. The molecular weight excluding hydrogens is 160 g/mol. The van der Waals surface area contributed by atoms with Crippen LogP contribution in [-0.4, -0.2) is 12.7 Å². The molecule has 13 heavy (non-hydrogen) atoms. The maximum Gasteiger partial charge on any atom is 0.0577 e. The molecule has 0 aromatic rings. The first-order valence-electron chi connectivity index (χ1n) is 5.86. The molecule has 2 atom stereocenters. The maximum absolute atomic E-state index is 5.55. The van der Waals surface area contributed by atoms with E-state index in [1.807, 2.05) is 0 Å². The van der Waals surface area contributed by atoms with Crippen LogP contribution in [-0.2, 0) is 4.74 Å². The molecule has 0 bridgehead atoms. The average Bonchev–Trinajstić information content (AvgIpc) is 2.06. The average molecular weight is 186 g/mol. The number of hydrogen-bond acceptors (Lipinski definition) is 1. The van der Waals surface area contributed by atoms with Gasteiger partial charge < -0.3 is 4.74 Å². The van der Waals surface area contributed by atoms with Crippen molar-refractivity contribution >= 4 is 0 Å². The Morgan fingerprint density at radius 2 is 1.77 bits per heavy atom. The van der Waals surface area contributed by atoms with Crippen molar-refractivity contribution in [2.75, 3.05) is 6.61 Å². The molecule has 0 N–H and O–H groups in total. The molecule has 1 fully saturated rings. The lowest BCUT2D eigenvalue weighted by Crippen LogP contribution is -2.21. The van der Waals surface area contributed by atoms with Crippen molar-refractivity contribution < 1.29 is 4.74 Å². The summed E-state index contributed by atoms with van der Waals surface area (Å²) in [7, 11) is 0. The maximum atomic E-state index is 5.55. The Kier molecular flexibility index (Phi) is 8.53. The molecule has 0 amide bonds. The quantitative estimate of drug-likeness (QED) is 0.633. The van der Waals surface area contributed by atoms with Gasteiger partial charge in [-0.2, -0.15) is 0 Å². The Morgan fingerprint density at radius 3 is 2.23 bits per heavy atom. The van der Waals surface area contributed by atoms with Gasteiger partial charge in [0.2, 0.25) is 0 Å². The zero-order valence-electron chi connectivity index (χ0n) is 9.81. The number of rotatable bonds is 2. The van der Waals surface area contributed by atoms with Crippen molar-refractivity contribution in [3.05, 3.63) is 0 Å². The summed E-state index contributed by atoms with van der Waals surface area (Å²) >= 11 is 0. The Morgan fingerprint density at radius 1 is 1.15 bits per heavy atom. The normalized spacial score (nSPS) is 27.7. The summed E-state index contributed by atoms with van der Waals surface area (Å²) in [5.74, 6) is 0.894. The fourth-order valence-corrected chi connectivity index (χ4v) is 1.77. The molecule has 0 aromatic heterocycles. The van der Waals surface area contributed by atoms with Crippen molar-refractivity contribution in [1.82, 2.24) is 0 Å². The Labute approximate surface area is 83.9 Å². The summed E-state index contributed by atoms with van der Waals surface area (Å²) in [5, 5.41) is 0. The summed E-state index contributed by atoms with van der Waals surface area (Å²) in [4.78, 5) is 0.